The van der Waals surface area contributed by atoms with Gasteiger partial charge in [0, 0.05) is 42.0 Å². The topological polar surface area (TPSA) is 61.8 Å². The van der Waals surface area contributed by atoms with Crippen LogP contribution < -0.4 is 5.32 Å². The summed E-state index contributed by atoms with van der Waals surface area (Å²) < 4.78 is 6.00. The van der Waals surface area contributed by atoms with E-state index in [0.717, 1.165) is 48.3 Å². The summed E-state index contributed by atoms with van der Waals surface area (Å²) in [5.41, 5.74) is 5.75. The molecule has 0 saturated carbocycles. The van der Waals surface area contributed by atoms with Gasteiger partial charge in [0.2, 0.25) is 0 Å². The highest BCUT2D eigenvalue weighted by Gasteiger charge is 2.32. The van der Waals surface area contributed by atoms with Crippen LogP contribution in [0, 0.1) is 5.92 Å². The lowest BCUT2D eigenvalue weighted by Crippen LogP contribution is -2.33. The summed E-state index contributed by atoms with van der Waals surface area (Å²) >= 11 is 0. The lowest BCUT2D eigenvalue weighted by atomic mass is 9.98. The molecule has 1 amide bonds. The molecule has 2 aromatic rings. The second-order valence-electron chi connectivity index (χ2n) is 8.27. The first-order valence-corrected chi connectivity index (χ1v) is 10.8. The molecule has 0 aromatic heterocycles. The molecule has 0 aliphatic carbocycles. The van der Waals surface area contributed by atoms with Crippen LogP contribution in [0.5, 0.6) is 0 Å². The van der Waals surface area contributed by atoms with Gasteiger partial charge in [0.1, 0.15) is 12.4 Å². The average Bonchev–Trinajstić information content (AvgIpc) is 3.31. The standard InChI is InChI=1S/C25H30N2O3/c1-3-17(2)15-27(12-13-28)11-10-18-8-9-20-19(14-18)16-30-24(20)23-21-6-4-5-7-22(21)26-25(23)29/h4-9,14,17,28H,3,10-13,15-16H2,1-2H3,(H,26,29)/b24-23+. The van der Waals surface area contributed by atoms with E-state index in [0.29, 0.717) is 30.4 Å². The normalized spacial score (nSPS) is 18.2. The highest BCUT2D eigenvalue weighted by Crippen LogP contribution is 2.41. The number of hydrogen-bond donors (Lipinski definition) is 2. The number of amides is 1. The summed E-state index contributed by atoms with van der Waals surface area (Å²) in [5, 5.41) is 12.3. The number of ether oxygens (including phenoxy) is 1. The number of aliphatic hydroxyl groups is 1. The van der Waals surface area contributed by atoms with E-state index in [2.05, 4.69) is 42.3 Å². The number of anilines is 1. The van der Waals surface area contributed by atoms with E-state index in [1.54, 1.807) is 0 Å². The van der Waals surface area contributed by atoms with Crippen molar-refractivity contribution in [2.75, 3.05) is 31.6 Å². The maximum atomic E-state index is 12.6. The number of rotatable bonds is 8. The molecule has 0 saturated heterocycles. The fraction of sp³-hybridized carbons (Fsp3) is 0.400. The molecule has 2 N–H and O–H groups in total. The van der Waals surface area contributed by atoms with Crippen molar-refractivity contribution in [1.29, 1.82) is 0 Å². The molecule has 0 bridgehead atoms. The molecule has 0 fully saturated rings. The van der Waals surface area contributed by atoms with Crippen molar-refractivity contribution in [2.45, 2.75) is 33.3 Å². The van der Waals surface area contributed by atoms with Crippen molar-refractivity contribution < 1.29 is 14.6 Å². The Kier molecular flexibility index (Phi) is 6.21. The molecule has 5 nitrogen and oxygen atoms in total. The van der Waals surface area contributed by atoms with Crippen LogP contribution in [0.2, 0.25) is 0 Å². The predicted molar refractivity (Wildman–Crippen MR) is 120 cm³/mol. The van der Waals surface area contributed by atoms with Crippen molar-refractivity contribution in [2.24, 2.45) is 5.92 Å². The van der Waals surface area contributed by atoms with Crippen molar-refractivity contribution >= 4 is 22.9 Å². The number of carbonyl (C=O) groups excluding carboxylic acids is 1. The fourth-order valence-corrected chi connectivity index (χ4v) is 4.21. The van der Waals surface area contributed by atoms with Crippen LogP contribution in [-0.2, 0) is 22.6 Å². The second kappa shape index (κ2) is 9.02. The van der Waals surface area contributed by atoms with Gasteiger partial charge in [-0.25, -0.2) is 0 Å². The SMILES string of the molecule is CCC(C)CN(CCO)CCc1ccc2c(c1)CO/C2=C1/C(=O)Nc2ccccc21. The van der Waals surface area contributed by atoms with Crippen LogP contribution in [-0.4, -0.2) is 42.2 Å². The first kappa shape index (κ1) is 20.6. The van der Waals surface area contributed by atoms with Gasteiger partial charge >= 0.3 is 0 Å². The number of carbonyl (C=O) groups is 1. The summed E-state index contributed by atoms with van der Waals surface area (Å²) in [4.78, 5) is 14.9. The predicted octanol–water partition coefficient (Wildman–Crippen LogP) is 3.92. The Labute approximate surface area is 178 Å². The molecule has 4 rings (SSSR count). The third-order valence-corrected chi connectivity index (χ3v) is 6.08. The van der Waals surface area contributed by atoms with Gasteiger partial charge in [-0.15, -0.1) is 0 Å². The van der Waals surface area contributed by atoms with E-state index in [4.69, 9.17) is 4.74 Å². The van der Waals surface area contributed by atoms with E-state index in [9.17, 15) is 9.90 Å². The molecule has 0 spiro atoms. The van der Waals surface area contributed by atoms with Crippen molar-refractivity contribution in [3.05, 3.63) is 64.7 Å². The average molecular weight is 407 g/mol. The third kappa shape index (κ3) is 4.13. The lowest BCUT2D eigenvalue weighted by molar-refractivity contribution is -0.110. The molecule has 2 heterocycles. The Morgan fingerprint density at radius 2 is 2.00 bits per heavy atom. The van der Waals surface area contributed by atoms with Crippen LogP contribution >= 0.6 is 0 Å². The smallest absolute Gasteiger partial charge is 0.260 e. The third-order valence-electron chi connectivity index (χ3n) is 6.08. The Hall–Kier alpha value is -2.63. The van der Waals surface area contributed by atoms with E-state index in [1.807, 2.05) is 24.3 Å². The number of nitrogens with one attached hydrogen (secondary N) is 1. The molecule has 1 unspecified atom stereocenters. The summed E-state index contributed by atoms with van der Waals surface area (Å²) in [6.45, 7) is 7.79. The minimum absolute atomic E-state index is 0.104. The zero-order valence-corrected chi connectivity index (χ0v) is 17.8. The zero-order valence-electron chi connectivity index (χ0n) is 17.8. The van der Waals surface area contributed by atoms with Crippen molar-refractivity contribution in [3.8, 4) is 0 Å². The molecule has 2 aromatic carbocycles. The minimum Gasteiger partial charge on any atom is -0.487 e. The summed E-state index contributed by atoms with van der Waals surface area (Å²) in [6.07, 6.45) is 2.07. The minimum atomic E-state index is -0.104. The Bertz CT molecular complexity index is 967. The fourth-order valence-electron chi connectivity index (χ4n) is 4.21. The molecule has 158 valence electrons. The number of benzene rings is 2. The van der Waals surface area contributed by atoms with Crippen LogP contribution in [0.15, 0.2) is 42.5 Å². The summed E-state index contributed by atoms with van der Waals surface area (Å²) in [6, 6.07) is 14.1. The number of fused-ring (bicyclic) bond motifs is 2. The molecule has 0 radical (unpaired) electrons. The molecule has 2 aliphatic heterocycles. The number of para-hydroxylation sites is 1. The van der Waals surface area contributed by atoms with Gasteiger partial charge in [-0.1, -0.05) is 56.7 Å². The van der Waals surface area contributed by atoms with Crippen molar-refractivity contribution in [1.82, 2.24) is 4.90 Å². The van der Waals surface area contributed by atoms with E-state index in [1.165, 1.54) is 5.56 Å². The van der Waals surface area contributed by atoms with E-state index >= 15 is 0 Å². The van der Waals surface area contributed by atoms with Gasteiger partial charge in [-0.2, -0.15) is 0 Å². The van der Waals surface area contributed by atoms with Crippen LogP contribution in [0.1, 0.15) is 42.5 Å². The maximum Gasteiger partial charge on any atom is 0.260 e. The maximum absolute atomic E-state index is 12.6. The van der Waals surface area contributed by atoms with Crippen molar-refractivity contribution in [3.63, 3.8) is 0 Å². The molecular weight excluding hydrogens is 376 g/mol. The van der Waals surface area contributed by atoms with Gasteiger partial charge in [0.25, 0.3) is 5.91 Å². The number of aliphatic hydroxyl groups excluding tert-OH is 1. The first-order chi connectivity index (χ1) is 14.6. The van der Waals surface area contributed by atoms with Gasteiger partial charge in [-0.3, -0.25) is 4.79 Å². The monoisotopic (exact) mass is 406 g/mol. The summed E-state index contributed by atoms with van der Waals surface area (Å²) in [5.74, 6) is 1.20. The largest absolute Gasteiger partial charge is 0.487 e. The number of hydrogen-bond acceptors (Lipinski definition) is 4. The molecular formula is C25H30N2O3. The Morgan fingerprint density at radius 3 is 2.80 bits per heavy atom. The highest BCUT2D eigenvalue weighted by atomic mass is 16.5. The Morgan fingerprint density at radius 1 is 1.17 bits per heavy atom. The molecule has 5 heteroatoms. The van der Waals surface area contributed by atoms with E-state index < -0.39 is 0 Å². The van der Waals surface area contributed by atoms with E-state index in [-0.39, 0.29) is 12.5 Å². The van der Waals surface area contributed by atoms with Gasteiger partial charge in [0.05, 0.1) is 12.2 Å². The molecule has 2 aliphatic rings. The zero-order chi connectivity index (χ0) is 21.1. The first-order valence-electron chi connectivity index (χ1n) is 10.8. The summed E-state index contributed by atoms with van der Waals surface area (Å²) in [7, 11) is 0. The Balaban J connectivity index is 1.53. The van der Waals surface area contributed by atoms with Gasteiger partial charge < -0.3 is 20.1 Å². The molecule has 30 heavy (non-hydrogen) atoms. The van der Waals surface area contributed by atoms with Gasteiger partial charge in [-0.05, 0) is 24.0 Å². The van der Waals surface area contributed by atoms with Crippen LogP contribution in [0.3, 0.4) is 0 Å². The number of nitrogens with zero attached hydrogens (tertiary/aromatic N) is 1. The highest BCUT2D eigenvalue weighted by molar-refractivity contribution is 6.36. The molecule has 1 atom stereocenters. The van der Waals surface area contributed by atoms with Gasteiger partial charge in [0.15, 0.2) is 0 Å². The van der Waals surface area contributed by atoms with Crippen LogP contribution in [0.25, 0.3) is 11.3 Å². The second-order valence-corrected chi connectivity index (χ2v) is 8.27. The van der Waals surface area contributed by atoms with Crippen LogP contribution in [0.4, 0.5) is 5.69 Å². The quantitative estimate of drug-likeness (QED) is 0.653. The lowest BCUT2D eigenvalue weighted by Gasteiger charge is -2.24.